The van der Waals surface area contributed by atoms with Crippen LogP contribution in [0.1, 0.15) is 18.2 Å². The predicted octanol–water partition coefficient (Wildman–Crippen LogP) is 12.9. The highest BCUT2D eigenvalue weighted by atomic mass is 15.0. The maximum Gasteiger partial charge on any atom is 0.146 e. The summed E-state index contributed by atoms with van der Waals surface area (Å²) in [4.78, 5) is 5.13. The van der Waals surface area contributed by atoms with Crippen molar-refractivity contribution in [3.05, 3.63) is 176 Å². The quantitative estimate of drug-likeness (QED) is 0.170. The molecule has 240 valence electrons. The molecule has 0 fully saturated rings. The number of para-hydroxylation sites is 3. The fraction of sp³-hybridized carbons (Fsp3) is 0.0208. The van der Waals surface area contributed by atoms with Gasteiger partial charge in [-0.25, -0.2) is 4.98 Å². The van der Waals surface area contributed by atoms with E-state index >= 15 is 0 Å². The highest BCUT2D eigenvalue weighted by Crippen LogP contribution is 2.39. The van der Waals surface area contributed by atoms with Crippen LogP contribution in [0.15, 0.2) is 164 Å². The molecule has 0 aliphatic carbocycles. The third kappa shape index (κ3) is 4.42. The lowest BCUT2D eigenvalue weighted by atomic mass is 9.95. The molecule has 0 unspecified atom stereocenters. The zero-order chi connectivity index (χ0) is 34.1. The van der Waals surface area contributed by atoms with Gasteiger partial charge < -0.3 is 4.57 Å². The Balaban J connectivity index is 1.13. The highest BCUT2D eigenvalue weighted by molar-refractivity contribution is 6.24. The first kappa shape index (κ1) is 29.2. The van der Waals surface area contributed by atoms with E-state index in [9.17, 15) is 0 Å². The normalized spacial score (nSPS) is 12.0. The summed E-state index contributed by atoms with van der Waals surface area (Å²) in [6.07, 6.45) is 6.26. The van der Waals surface area contributed by atoms with Crippen molar-refractivity contribution in [1.29, 1.82) is 0 Å². The number of imidazole rings is 1. The minimum atomic E-state index is 0.996. The number of allylic oxidation sites excluding steroid dienone is 1. The van der Waals surface area contributed by atoms with Crippen LogP contribution >= 0.6 is 0 Å². The largest absolute Gasteiger partial charge is 0.309 e. The second-order valence-corrected chi connectivity index (χ2v) is 13.2. The van der Waals surface area contributed by atoms with Gasteiger partial charge >= 0.3 is 0 Å². The number of fused-ring (bicyclic) bond motifs is 11. The van der Waals surface area contributed by atoms with Crippen LogP contribution in [0.4, 0.5) is 0 Å². The average Bonchev–Trinajstić information content (AvgIpc) is 3.74. The molecule has 0 bridgehead atoms. The van der Waals surface area contributed by atoms with E-state index in [4.69, 9.17) is 4.98 Å². The van der Waals surface area contributed by atoms with E-state index in [1.807, 2.05) is 6.08 Å². The van der Waals surface area contributed by atoms with Gasteiger partial charge in [-0.05, 0) is 101 Å². The van der Waals surface area contributed by atoms with E-state index in [0.717, 1.165) is 33.6 Å². The van der Waals surface area contributed by atoms with Gasteiger partial charge in [-0.3, -0.25) is 4.40 Å². The third-order valence-corrected chi connectivity index (χ3v) is 10.4. The Morgan fingerprint density at radius 2 is 1.22 bits per heavy atom. The van der Waals surface area contributed by atoms with Crippen molar-refractivity contribution in [2.75, 3.05) is 0 Å². The van der Waals surface area contributed by atoms with Gasteiger partial charge in [-0.15, -0.1) is 0 Å². The third-order valence-electron chi connectivity index (χ3n) is 10.4. The molecule has 0 N–H and O–H groups in total. The van der Waals surface area contributed by atoms with Crippen molar-refractivity contribution in [2.24, 2.45) is 0 Å². The van der Waals surface area contributed by atoms with Crippen LogP contribution in [-0.2, 0) is 0 Å². The molecule has 51 heavy (non-hydrogen) atoms. The van der Waals surface area contributed by atoms with E-state index in [1.165, 1.54) is 65.7 Å². The lowest BCUT2D eigenvalue weighted by molar-refractivity contribution is 1.11. The molecular formula is C48H33N3. The minimum absolute atomic E-state index is 0.996. The van der Waals surface area contributed by atoms with Crippen molar-refractivity contribution in [2.45, 2.75) is 6.92 Å². The van der Waals surface area contributed by atoms with Gasteiger partial charge in [0, 0.05) is 32.8 Å². The molecular weight excluding hydrogens is 619 g/mol. The summed E-state index contributed by atoms with van der Waals surface area (Å²) in [5, 5.41) is 7.32. The number of aromatic nitrogens is 3. The van der Waals surface area contributed by atoms with E-state index in [1.54, 1.807) is 0 Å². The fourth-order valence-corrected chi connectivity index (χ4v) is 8.08. The summed E-state index contributed by atoms with van der Waals surface area (Å²) in [7, 11) is 0. The molecule has 0 spiro atoms. The highest BCUT2D eigenvalue weighted by Gasteiger charge is 2.18. The van der Waals surface area contributed by atoms with Gasteiger partial charge in [0.25, 0.3) is 0 Å². The molecule has 3 nitrogen and oxygen atoms in total. The monoisotopic (exact) mass is 651 g/mol. The Labute approximate surface area is 295 Å². The number of hydrogen-bond acceptors (Lipinski definition) is 1. The van der Waals surface area contributed by atoms with Gasteiger partial charge in [0.2, 0.25) is 0 Å². The van der Waals surface area contributed by atoms with Crippen LogP contribution in [0.3, 0.4) is 0 Å². The van der Waals surface area contributed by atoms with Gasteiger partial charge in [-0.1, -0.05) is 116 Å². The molecule has 0 atom stereocenters. The molecule has 0 radical (unpaired) electrons. The van der Waals surface area contributed by atoms with Crippen molar-refractivity contribution < 1.29 is 0 Å². The maximum absolute atomic E-state index is 5.13. The molecule has 0 saturated heterocycles. The second kappa shape index (κ2) is 11.4. The van der Waals surface area contributed by atoms with Crippen molar-refractivity contribution in [1.82, 2.24) is 14.0 Å². The summed E-state index contributed by atoms with van der Waals surface area (Å²) in [6.45, 7) is 6.26. The van der Waals surface area contributed by atoms with E-state index in [2.05, 4.69) is 186 Å². The summed E-state index contributed by atoms with van der Waals surface area (Å²) >= 11 is 0. The van der Waals surface area contributed by atoms with Crippen LogP contribution in [0.5, 0.6) is 0 Å². The molecule has 0 saturated carbocycles. The molecule has 0 aliphatic heterocycles. The Bertz CT molecular complexity index is 3030. The van der Waals surface area contributed by atoms with Crippen LogP contribution in [0.25, 0.3) is 100 Å². The van der Waals surface area contributed by atoms with E-state index < -0.39 is 0 Å². The molecule has 3 heteroatoms. The summed E-state index contributed by atoms with van der Waals surface area (Å²) in [5.41, 5.74) is 13.6. The zero-order valence-corrected chi connectivity index (χ0v) is 28.2. The SMILES string of the molecule is C=Cc1c(/C=C\C)c2cc(-c3ccc(-c4ccc5c(c4)c4c6ccccc6ccc4c4nc6ccccc6n54)cc3)ccc2n1-c1ccccc1. The molecule has 3 heterocycles. The number of pyridine rings is 1. The Hall–Kier alpha value is -6.71. The number of hydrogen-bond donors (Lipinski definition) is 0. The number of nitrogens with zero attached hydrogens (tertiary/aromatic N) is 3. The molecule has 0 amide bonds. The Kier molecular flexibility index (Phi) is 6.55. The van der Waals surface area contributed by atoms with Gasteiger partial charge in [0.1, 0.15) is 5.65 Å². The maximum atomic E-state index is 5.13. The second-order valence-electron chi connectivity index (χ2n) is 13.2. The molecule has 7 aromatic carbocycles. The summed E-state index contributed by atoms with van der Waals surface area (Å²) < 4.78 is 4.63. The summed E-state index contributed by atoms with van der Waals surface area (Å²) in [5.74, 6) is 0. The molecule has 3 aromatic heterocycles. The first-order valence-electron chi connectivity index (χ1n) is 17.5. The first-order valence-corrected chi connectivity index (χ1v) is 17.5. The predicted molar refractivity (Wildman–Crippen MR) is 218 cm³/mol. The lowest BCUT2D eigenvalue weighted by Crippen LogP contribution is -1.96. The molecule has 0 aliphatic rings. The minimum Gasteiger partial charge on any atom is -0.309 e. The standard InChI is InChI=1S/C48H33N3/c1-3-12-38-40-29-34(24-27-44(40)50(43(38)4-2)36-14-6-5-7-15-36)31-19-21-32(22-20-31)35-25-28-45-41(30-35)47-37-16-9-8-13-33(37)23-26-39(47)48-49-42-17-10-11-18-46(42)51(45)48/h3-30H,2H2,1H3/b12-3-. The van der Waals surface area contributed by atoms with Gasteiger partial charge in [0.15, 0.2) is 0 Å². The van der Waals surface area contributed by atoms with Crippen LogP contribution in [0, 0.1) is 0 Å². The Morgan fingerprint density at radius 1 is 0.549 bits per heavy atom. The average molecular weight is 652 g/mol. The lowest BCUT2D eigenvalue weighted by Gasteiger charge is -2.13. The number of benzene rings is 7. The van der Waals surface area contributed by atoms with Crippen molar-refractivity contribution in [3.63, 3.8) is 0 Å². The van der Waals surface area contributed by atoms with Crippen LogP contribution < -0.4 is 0 Å². The molecule has 10 rings (SSSR count). The first-order chi connectivity index (χ1) is 25.2. The van der Waals surface area contributed by atoms with Gasteiger partial charge in [-0.2, -0.15) is 0 Å². The van der Waals surface area contributed by atoms with Crippen molar-refractivity contribution >= 4 is 72.2 Å². The Morgan fingerprint density at radius 3 is 1.98 bits per heavy atom. The zero-order valence-electron chi connectivity index (χ0n) is 28.2. The number of rotatable bonds is 5. The van der Waals surface area contributed by atoms with Crippen LogP contribution in [0.2, 0.25) is 0 Å². The van der Waals surface area contributed by atoms with Gasteiger partial charge in [0.05, 0.1) is 27.8 Å². The topological polar surface area (TPSA) is 22.2 Å². The van der Waals surface area contributed by atoms with Crippen LogP contribution in [-0.4, -0.2) is 14.0 Å². The smallest absolute Gasteiger partial charge is 0.146 e. The fourth-order valence-electron chi connectivity index (χ4n) is 8.08. The summed E-state index contributed by atoms with van der Waals surface area (Å²) in [6, 6.07) is 54.8. The van der Waals surface area contributed by atoms with E-state index in [0.29, 0.717) is 0 Å². The van der Waals surface area contributed by atoms with Crippen molar-refractivity contribution in [3.8, 4) is 27.9 Å². The van der Waals surface area contributed by atoms with E-state index in [-0.39, 0.29) is 0 Å². The molecule has 10 aromatic rings.